The van der Waals surface area contributed by atoms with Gasteiger partial charge in [0.1, 0.15) is 0 Å². The summed E-state index contributed by atoms with van der Waals surface area (Å²) in [5, 5.41) is 0. The molecule has 1 aromatic heterocycles. The van der Waals surface area contributed by atoms with Crippen LogP contribution in [0.2, 0.25) is 0 Å². The summed E-state index contributed by atoms with van der Waals surface area (Å²) in [6.45, 7) is 6.94. The van der Waals surface area contributed by atoms with Crippen LogP contribution in [0.15, 0.2) is 12.5 Å². The summed E-state index contributed by atoms with van der Waals surface area (Å²) in [6.07, 6.45) is 6.67. The fourth-order valence-corrected chi connectivity index (χ4v) is 2.18. The van der Waals surface area contributed by atoms with Gasteiger partial charge in [0.25, 0.3) is 0 Å². The lowest BCUT2D eigenvalue weighted by Crippen LogP contribution is -2.26. The van der Waals surface area contributed by atoms with E-state index in [0.29, 0.717) is 10.8 Å². The van der Waals surface area contributed by atoms with Crippen molar-refractivity contribution in [3.8, 4) is 0 Å². The van der Waals surface area contributed by atoms with E-state index in [1.165, 1.54) is 18.5 Å². The van der Waals surface area contributed by atoms with Crippen molar-refractivity contribution in [2.45, 2.75) is 39.0 Å². The zero-order valence-corrected chi connectivity index (χ0v) is 8.96. The number of rotatable bonds is 1. The summed E-state index contributed by atoms with van der Waals surface area (Å²) >= 11 is 0. The number of hydrogen-bond donors (Lipinski definition) is 0. The average Bonchev–Trinajstić information content (AvgIpc) is 2.70. The Bertz CT molecular complexity index is 313. The topological polar surface area (TPSA) is 17.8 Å². The summed E-state index contributed by atoms with van der Waals surface area (Å²) in [6, 6.07) is 0. The molecule has 1 saturated carbocycles. The molecule has 0 saturated heterocycles. The van der Waals surface area contributed by atoms with E-state index in [1.54, 1.807) is 0 Å². The quantitative estimate of drug-likeness (QED) is 0.646. The Balaban J connectivity index is 2.36. The van der Waals surface area contributed by atoms with E-state index in [9.17, 15) is 0 Å². The summed E-state index contributed by atoms with van der Waals surface area (Å²) in [4.78, 5) is 4.48. The van der Waals surface area contributed by atoms with Crippen molar-refractivity contribution in [2.75, 3.05) is 0 Å². The maximum absolute atomic E-state index is 4.48. The molecule has 0 spiro atoms. The van der Waals surface area contributed by atoms with Crippen molar-refractivity contribution >= 4 is 0 Å². The third kappa shape index (κ3) is 1.19. The largest absolute Gasteiger partial charge is 0.340 e. The SMILES string of the molecule is Cn1cnc(C2(C(C)(C)C)CC2)c1. The standard InChI is InChI=1S/C11H18N2/c1-10(2,3)11(5-6-11)9-7-13(4)8-12-9/h7-8H,5-6H2,1-4H3. The van der Waals surface area contributed by atoms with Crippen LogP contribution in [0.3, 0.4) is 0 Å². The molecule has 1 aliphatic carbocycles. The minimum Gasteiger partial charge on any atom is -0.340 e. The number of nitrogens with zero attached hydrogens (tertiary/aromatic N) is 2. The van der Waals surface area contributed by atoms with Gasteiger partial charge in [0, 0.05) is 18.7 Å². The molecule has 2 heteroatoms. The van der Waals surface area contributed by atoms with Crippen LogP contribution in [0.5, 0.6) is 0 Å². The van der Waals surface area contributed by atoms with Crippen LogP contribution >= 0.6 is 0 Å². The number of aryl methyl sites for hydroxylation is 1. The van der Waals surface area contributed by atoms with Gasteiger partial charge >= 0.3 is 0 Å². The number of hydrogen-bond acceptors (Lipinski definition) is 1. The fourth-order valence-electron chi connectivity index (χ4n) is 2.18. The van der Waals surface area contributed by atoms with E-state index < -0.39 is 0 Å². The van der Waals surface area contributed by atoms with Crippen molar-refractivity contribution in [3.05, 3.63) is 18.2 Å². The number of imidazole rings is 1. The summed E-state index contributed by atoms with van der Waals surface area (Å²) < 4.78 is 2.04. The van der Waals surface area contributed by atoms with Crippen LogP contribution < -0.4 is 0 Å². The van der Waals surface area contributed by atoms with Gasteiger partial charge in [-0.2, -0.15) is 0 Å². The maximum atomic E-state index is 4.48. The Morgan fingerprint density at radius 2 is 2.00 bits per heavy atom. The van der Waals surface area contributed by atoms with E-state index in [2.05, 4.69) is 32.0 Å². The highest BCUT2D eigenvalue weighted by atomic mass is 15.0. The lowest BCUT2D eigenvalue weighted by molar-refractivity contribution is 0.293. The lowest BCUT2D eigenvalue weighted by atomic mass is 9.76. The van der Waals surface area contributed by atoms with Gasteiger partial charge < -0.3 is 4.57 Å². The third-order valence-corrected chi connectivity index (χ3v) is 3.38. The first-order valence-electron chi connectivity index (χ1n) is 4.94. The molecule has 0 unspecified atom stereocenters. The molecular weight excluding hydrogens is 160 g/mol. The molecule has 2 nitrogen and oxygen atoms in total. The van der Waals surface area contributed by atoms with Crippen LogP contribution in [-0.4, -0.2) is 9.55 Å². The van der Waals surface area contributed by atoms with Gasteiger partial charge in [-0.1, -0.05) is 20.8 Å². The smallest absolute Gasteiger partial charge is 0.0947 e. The molecule has 0 atom stereocenters. The predicted octanol–water partition coefficient (Wildman–Crippen LogP) is 2.50. The van der Waals surface area contributed by atoms with Crippen LogP contribution in [-0.2, 0) is 12.5 Å². The first-order valence-corrected chi connectivity index (χ1v) is 4.94. The second-order valence-electron chi connectivity index (χ2n) is 5.26. The van der Waals surface area contributed by atoms with Crippen molar-refractivity contribution < 1.29 is 0 Å². The van der Waals surface area contributed by atoms with E-state index in [4.69, 9.17) is 0 Å². The second-order valence-corrected chi connectivity index (χ2v) is 5.26. The lowest BCUT2D eigenvalue weighted by Gasteiger charge is -2.29. The Morgan fingerprint density at radius 1 is 1.38 bits per heavy atom. The second kappa shape index (κ2) is 2.37. The molecule has 0 bridgehead atoms. The van der Waals surface area contributed by atoms with E-state index in [1.807, 2.05) is 17.9 Å². The van der Waals surface area contributed by atoms with Crippen molar-refractivity contribution in [3.63, 3.8) is 0 Å². The van der Waals surface area contributed by atoms with Crippen LogP contribution in [0, 0.1) is 5.41 Å². The van der Waals surface area contributed by atoms with Gasteiger partial charge in [0.05, 0.1) is 12.0 Å². The molecule has 0 N–H and O–H groups in total. The molecule has 1 fully saturated rings. The highest BCUT2D eigenvalue weighted by molar-refractivity contribution is 5.26. The monoisotopic (exact) mass is 178 g/mol. The molecule has 0 amide bonds. The van der Waals surface area contributed by atoms with E-state index in [-0.39, 0.29) is 0 Å². The minimum absolute atomic E-state index is 0.349. The third-order valence-electron chi connectivity index (χ3n) is 3.38. The average molecular weight is 178 g/mol. The van der Waals surface area contributed by atoms with Gasteiger partial charge in [0.15, 0.2) is 0 Å². The first kappa shape index (κ1) is 8.79. The first-order chi connectivity index (χ1) is 5.96. The van der Waals surface area contributed by atoms with Gasteiger partial charge in [-0.15, -0.1) is 0 Å². The molecule has 2 rings (SSSR count). The van der Waals surface area contributed by atoms with Crippen LogP contribution in [0.25, 0.3) is 0 Å². The minimum atomic E-state index is 0.349. The highest BCUT2D eigenvalue weighted by Gasteiger charge is 2.54. The molecule has 1 aliphatic rings. The normalized spacial score (nSPS) is 20.3. The maximum Gasteiger partial charge on any atom is 0.0947 e. The van der Waals surface area contributed by atoms with Crippen molar-refractivity contribution in [1.29, 1.82) is 0 Å². The zero-order chi connectivity index (χ0) is 9.69. The van der Waals surface area contributed by atoms with Gasteiger partial charge in [-0.25, -0.2) is 4.98 Å². The Labute approximate surface area is 80.0 Å². The van der Waals surface area contributed by atoms with Gasteiger partial charge in [0.2, 0.25) is 0 Å². The molecule has 0 aliphatic heterocycles. The van der Waals surface area contributed by atoms with E-state index >= 15 is 0 Å². The molecule has 0 aromatic carbocycles. The number of aromatic nitrogens is 2. The molecule has 72 valence electrons. The Kier molecular flexibility index (Phi) is 1.60. The van der Waals surface area contributed by atoms with Crippen molar-refractivity contribution in [1.82, 2.24) is 9.55 Å². The summed E-state index contributed by atoms with van der Waals surface area (Å²) in [5.74, 6) is 0. The fraction of sp³-hybridized carbons (Fsp3) is 0.727. The molecule has 1 heterocycles. The predicted molar refractivity (Wildman–Crippen MR) is 53.6 cm³/mol. The summed E-state index contributed by atoms with van der Waals surface area (Å²) in [5.41, 5.74) is 2.00. The Morgan fingerprint density at radius 3 is 2.31 bits per heavy atom. The highest BCUT2D eigenvalue weighted by Crippen LogP contribution is 2.58. The molecule has 13 heavy (non-hydrogen) atoms. The van der Waals surface area contributed by atoms with Crippen LogP contribution in [0.1, 0.15) is 39.3 Å². The zero-order valence-electron chi connectivity index (χ0n) is 8.96. The molecule has 1 aromatic rings. The van der Waals surface area contributed by atoms with E-state index in [0.717, 1.165) is 0 Å². The Hall–Kier alpha value is -0.790. The van der Waals surface area contributed by atoms with Gasteiger partial charge in [-0.3, -0.25) is 0 Å². The molecular formula is C11H18N2. The summed E-state index contributed by atoms with van der Waals surface area (Å²) in [7, 11) is 2.04. The van der Waals surface area contributed by atoms with Crippen LogP contribution in [0.4, 0.5) is 0 Å². The van der Waals surface area contributed by atoms with Crippen molar-refractivity contribution in [2.24, 2.45) is 12.5 Å². The molecule has 0 radical (unpaired) electrons. The van der Waals surface area contributed by atoms with Gasteiger partial charge in [-0.05, 0) is 18.3 Å².